The van der Waals surface area contributed by atoms with Gasteiger partial charge in [0.15, 0.2) is 0 Å². The third-order valence-electron chi connectivity index (χ3n) is 2.56. The molecule has 1 aromatic carbocycles. The summed E-state index contributed by atoms with van der Waals surface area (Å²) in [5, 5.41) is 0. The van der Waals surface area contributed by atoms with E-state index in [1.807, 2.05) is 0 Å². The van der Waals surface area contributed by atoms with Crippen molar-refractivity contribution in [2.45, 2.75) is 6.10 Å². The average molecular weight is 368 g/mol. The van der Waals surface area contributed by atoms with Crippen LogP contribution in [0.25, 0.3) is 0 Å². The Bertz CT molecular complexity index is 636. The minimum absolute atomic E-state index is 0.0927. The van der Waals surface area contributed by atoms with Crippen molar-refractivity contribution in [1.29, 1.82) is 0 Å². The van der Waals surface area contributed by atoms with Crippen LogP contribution in [0.2, 0.25) is 0 Å². The Morgan fingerprint density at radius 1 is 1.55 bits per heavy atom. The molecule has 110 valence electrons. The first-order valence-electron chi connectivity index (χ1n) is 5.54. The highest BCUT2D eigenvalue weighted by atomic mass is 79.9. The molecule has 0 aromatic heterocycles. The van der Waals surface area contributed by atoms with Crippen molar-refractivity contribution in [3.05, 3.63) is 28.5 Å². The molecule has 0 N–H and O–H groups in total. The summed E-state index contributed by atoms with van der Waals surface area (Å²) in [6, 6.07) is 4.21. The van der Waals surface area contributed by atoms with Gasteiger partial charge in [0.05, 0.1) is 23.0 Å². The van der Waals surface area contributed by atoms with Crippen molar-refractivity contribution in [1.82, 2.24) is 0 Å². The molecule has 0 spiro atoms. The normalized spacial score (nSPS) is 19.2. The van der Waals surface area contributed by atoms with Crippen molar-refractivity contribution in [3.8, 4) is 0 Å². The summed E-state index contributed by atoms with van der Waals surface area (Å²) in [5.74, 6) is -0.508. The quantitative estimate of drug-likeness (QED) is 0.759. The van der Waals surface area contributed by atoms with E-state index in [1.165, 1.54) is 17.0 Å². The van der Waals surface area contributed by atoms with E-state index in [2.05, 4.69) is 20.1 Å². The molecule has 1 aliphatic heterocycles. The first-order valence-corrected chi connectivity index (χ1v) is 8.15. The van der Waals surface area contributed by atoms with Gasteiger partial charge in [0, 0.05) is 0 Å². The highest BCUT2D eigenvalue weighted by molar-refractivity contribution is 9.10. The summed E-state index contributed by atoms with van der Waals surface area (Å²) in [4.78, 5) is 12.9. The molecular formula is C11H11BrFNO5S. The van der Waals surface area contributed by atoms with Crippen LogP contribution in [0.4, 0.5) is 14.9 Å². The number of halogens is 2. The third-order valence-corrected chi connectivity index (χ3v) is 3.76. The molecule has 0 unspecified atom stereocenters. The second kappa shape index (κ2) is 5.66. The highest BCUT2D eigenvalue weighted by Gasteiger charge is 2.33. The maximum Gasteiger partial charge on any atom is 0.414 e. The molecule has 1 aromatic rings. The number of anilines is 1. The van der Waals surface area contributed by atoms with Gasteiger partial charge in [0.25, 0.3) is 10.1 Å². The highest BCUT2D eigenvalue weighted by Crippen LogP contribution is 2.26. The summed E-state index contributed by atoms with van der Waals surface area (Å²) in [7, 11) is -3.60. The van der Waals surface area contributed by atoms with Gasteiger partial charge in [-0.05, 0) is 34.1 Å². The second-order valence-electron chi connectivity index (χ2n) is 4.20. The standard InChI is InChI=1S/C11H11BrFNO5S/c1-20(16,17)18-6-8-5-14(11(15)19-8)7-2-3-9(12)10(13)4-7/h2-4,8H,5-6H2,1H3/t8-/m1/s1. The van der Waals surface area contributed by atoms with Crippen LogP contribution in [0.3, 0.4) is 0 Å². The largest absolute Gasteiger partial charge is 0.441 e. The Kier molecular flexibility index (Phi) is 4.31. The molecule has 1 amide bonds. The summed E-state index contributed by atoms with van der Waals surface area (Å²) >= 11 is 3.02. The minimum Gasteiger partial charge on any atom is -0.441 e. The first kappa shape index (κ1) is 15.2. The van der Waals surface area contributed by atoms with Crippen LogP contribution in [0.5, 0.6) is 0 Å². The molecule has 0 radical (unpaired) electrons. The average Bonchev–Trinajstić information content (AvgIpc) is 2.71. The molecule has 0 bridgehead atoms. The Morgan fingerprint density at radius 3 is 2.85 bits per heavy atom. The fraction of sp³-hybridized carbons (Fsp3) is 0.364. The van der Waals surface area contributed by atoms with E-state index in [0.717, 1.165) is 6.26 Å². The zero-order valence-corrected chi connectivity index (χ0v) is 12.8. The molecule has 1 atom stereocenters. The van der Waals surface area contributed by atoms with Crippen LogP contribution in [-0.2, 0) is 19.0 Å². The van der Waals surface area contributed by atoms with E-state index in [4.69, 9.17) is 4.74 Å². The molecule has 0 saturated carbocycles. The lowest BCUT2D eigenvalue weighted by molar-refractivity contribution is 0.107. The summed E-state index contributed by atoms with van der Waals surface area (Å²) in [6.07, 6.45) is -0.483. The van der Waals surface area contributed by atoms with E-state index < -0.39 is 28.1 Å². The van der Waals surface area contributed by atoms with E-state index in [0.29, 0.717) is 5.69 Å². The number of ether oxygens (including phenoxy) is 1. The van der Waals surface area contributed by atoms with E-state index in [9.17, 15) is 17.6 Å². The fourth-order valence-corrected chi connectivity index (χ4v) is 2.32. The molecular weight excluding hydrogens is 357 g/mol. The molecule has 20 heavy (non-hydrogen) atoms. The van der Waals surface area contributed by atoms with Crippen molar-refractivity contribution in [3.63, 3.8) is 0 Å². The predicted molar refractivity (Wildman–Crippen MR) is 72.5 cm³/mol. The van der Waals surface area contributed by atoms with Gasteiger partial charge in [-0.25, -0.2) is 9.18 Å². The number of carbonyl (C=O) groups excluding carboxylic acids is 1. The van der Waals surface area contributed by atoms with Gasteiger partial charge in [-0.15, -0.1) is 0 Å². The minimum atomic E-state index is -3.60. The summed E-state index contributed by atoms with van der Waals surface area (Å²) in [5.41, 5.74) is 0.331. The SMILES string of the molecule is CS(=O)(=O)OC[C@H]1CN(c2ccc(Br)c(F)c2)C(=O)O1. The van der Waals surface area contributed by atoms with Gasteiger partial charge in [-0.3, -0.25) is 9.08 Å². The van der Waals surface area contributed by atoms with Crippen LogP contribution in [0.15, 0.2) is 22.7 Å². The number of hydrogen-bond acceptors (Lipinski definition) is 5. The Labute approximate surface area is 123 Å². The van der Waals surface area contributed by atoms with E-state index in [1.54, 1.807) is 6.07 Å². The Hall–Kier alpha value is -1.19. The van der Waals surface area contributed by atoms with Crippen molar-refractivity contribution in [2.24, 2.45) is 0 Å². The molecule has 9 heteroatoms. The van der Waals surface area contributed by atoms with Crippen LogP contribution in [-0.4, -0.2) is 40.0 Å². The van der Waals surface area contributed by atoms with Gasteiger partial charge in [0.2, 0.25) is 0 Å². The second-order valence-corrected chi connectivity index (χ2v) is 6.70. The summed E-state index contributed by atoms with van der Waals surface area (Å²) in [6.45, 7) is -0.171. The van der Waals surface area contributed by atoms with Crippen LogP contribution in [0.1, 0.15) is 0 Å². The zero-order valence-electron chi connectivity index (χ0n) is 10.4. The number of carbonyl (C=O) groups is 1. The number of nitrogens with zero attached hydrogens (tertiary/aromatic N) is 1. The van der Waals surface area contributed by atoms with Crippen LogP contribution >= 0.6 is 15.9 Å². The predicted octanol–water partition coefficient (Wildman–Crippen LogP) is 1.89. The molecule has 1 heterocycles. The number of hydrogen-bond donors (Lipinski definition) is 0. The van der Waals surface area contributed by atoms with Crippen molar-refractivity contribution >= 4 is 37.8 Å². The van der Waals surface area contributed by atoms with Crippen molar-refractivity contribution < 1.29 is 26.5 Å². The zero-order chi connectivity index (χ0) is 14.9. The lowest BCUT2D eigenvalue weighted by Gasteiger charge is -2.13. The number of cyclic esters (lactones) is 1. The number of amides is 1. The van der Waals surface area contributed by atoms with Crippen LogP contribution in [0, 0.1) is 5.82 Å². The Balaban J connectivity index is 2.07. The fourth-order valence-electron chi connectivity index (χ4n) is 1.67. The lowest BCUT2D eigenvalue weighted by atomic mass is 10.2. The monoisotopic (exact) mass is 367 g/mol. The first-order chi connectivity index (χ1) is 9.26. The number of rotatable bonds is 4. The van der Waals surface area contributed by atoms with Gasteiger partial charge in [0.1, 0.15) is 18.5 Å². The molecule has 2 rings (SSSR count). The molecule has 6 nitrogen and oxygen atoms in total. The molecule has 1 fully saturated rings. The summed E-state index contributed by atoms with van der Waals surface area (Å²) < 4.78 is 45.0. The molecule has 0 aliphatic carbocycles. The Morgan fingerprint density at radius 2 is 2.25 bits per heavy atom. The van der Waals surface area contributed by atoms with Crippen LogP contribution < -0.4 is 4.90 Å². The van der Waals surface area contributed by atoms with Gasteiger partial charge in [-0.1, -0.05) is 0 Å². The van der Waals surface area contributed by atoms with Gasteiger partial charge < -0.3 is 4.74 Å². The van der Waals surface area contributed by atoms with E-state index >= 15 is 0 Å². The van der Waals surface area contributed by atoms with Gasteiger partial charge >= 0.3 is 6.09 Å². The maximum atomic E-state index is 13.4. The van der Waals surface area contributed by atoms with E-state index in [-0.39, 0.29) is 17.6 Å². The topological polar surface area (TPSA) is 72.9 Å². The third kappa shape index (κ3) is 3.68. The van der Waals surface area contributed by atoms with Crippen molar-refractivity contribution in [2.75, 3.05) is 24.3 Å². The smallest absolute Gasteiger partial charge is 0.414 e. The molecule has 1 saturated heterocycles. The van der Waals surface area contributed by atoms with Gasteiger partial charge in [-0.2, -0.15) is 8.42 Å². The number of benzene rings is 1. The lowest BCUT2D eigenvalue weighted by Crippen LogP contribution is -2.26. The molecule has 1 aliphatic rings. The maximum absolute atomic E-state index is 13.4.